The predicted octanol–water partition coefficient (Wildman–Crippen LogP) is 1.40. The number of hydrazine groups is 1. The number of anilines is 1. The number of rotatable bonds is 1. The summed E-state index contributed by atoms with van der Waals surface area (Å²) in [6.45, 7) is 0.645. The molecule has 0 aliphatic carbocycles. The van der Waals surface area contributed by atoms with Crippen molar-refractivity contribution in [3.63, 3.8) is 0 Å². The van der Waals surface area contributed by atoms with Gasteiger partial charge in [-0.1, -0.05) is 0 Å². The Labute approximate surface area is 94.6 Å². The first kappa shape index (κ1) is 11.4. The molecule has 2 rings (SSSR count). The second-order valence-electron chi connectivity index (χ2n) is 3.08. The summed E-state index contributed by atoms with van der Waals surface area (Å²) in [5.74, 6) is 5.57. The number of benzene rings is 1. The Balaban J connectivity index is 0.00000112. The average Bonchev–Trinajstić information content (AvgIpc) is 2.65. The highest BCUT2D eigenvalue weighted by molar-refractivity contribution is 5.85. The van der Waals surface area contributed by atoms with Gasteiger partial charge in [0.05, 0.1) is 11.6 Å². The second-order valence-corrected chi connectivity index (χ2v) is 3.08. The third kappa shape index (κ3) is 2.40. The van der Waals surface area contributed by atoms with Crippen molar-refractivity contribution in [1.29, 1.82) is 5.26 Å². The lowest BCUT2D eigenvalue weighted by Crippen LogP contribution is -2.29. The van der Waals surface area contributed by atoms with Crippen molar-refractivity contribution in [3.05, 3.63) is 42.2 Å². The van der Waals surface area contributed by atoms with Gasteiger partial charge in [0, 0.05) is 18.1 Å². The molecule has 1 aromatic rings. The zero-order chi connectivity index (χ0) is 9.97. The normalized spacial score (nSPS) is 13.6. The van der Waals surface area contributed by atoms with Gasteiger partial charge in [-0.2, -0.15) is 5.26 Å². The summed E-state index contributed by atoms with van der Waals surface area (Å²) in [6, 6.07) is 9.48. The van der Waals surface area contributed by atoms with Crippen LogP contribution >= 0.6 is 12.4 Å². The molecule has 0 saturated heterocycles. The Hall–Kier alpha value is -1.70. The van der Waals surface area contributed by atoms with Crippen LogP contribution in [0.2, 0.25) is 0 Å². The van der Waals surface area contributed by atoms with Crippen LogP contribution < -0.4 is 10.7 Å². The summed E-state index contributed by atoms with van der Waals surface area (Å²) in [6.07, 6.45) is 3.71. The molecule has 15 heavy (non-hydrogen) atoms. The van der Waals surface area contributed by atoms with Crippen LogP contribution in [0.3, 0.4) is 0 Å². The van der Waals surface area contributed by atoms with Crippen LogP contribution in [0.15, 0.2) is 36.7 Å². The van der Waals surface area contributed by atoms with Gasteiger partial charge in [0.25, 0.3) is 0 Å². The van der Waals surface area contributed by atoms with Gasteiger partial charge in [-0.25, -0.2) is 5.84 Å². The summed E-state index contributed by atoms with van der Waals surface area (Å²) >= 11 is 0. The molecule has 4 nitrogen and oxygen atoms in total. The minimum atomic E-state index is 0. The van der Waals surface area contributed by atoms with E-state index in [1.54, 1.807) is 23.3 Å². The molecule has 1 aliphatic rings. The first-order valence-corrected chi connectivity index (χ1v) is 4.26. The summed E-state index contributed by atoms with van der Waals surface area (Å²) in [7, 11) is 0. The van der Waals surface area contributed by atoms with Gasteiger partial charge in [-0.3, -0.25) is 5.01 Å². The summed E-state index contributed by atoms with van der Waals surface area (Å²) in [5.41, 5.74) is 1.70. The van der Waals surface area contributed by atoms with Gasteiger partial charge < -0.3 is 4.90 Å². The number of halogens is 1. The summed E-state index contributed by atoms with van der Waals surface area (Å²) < 4.78 is 0. The largest absolute Gasteiger partial charge is 0.327 e. The van der Waals surface area contributed by atoms with Crippen LogP contribution in [-0.2, 0) is 0 Å². The molecule has 0 unspecified atom stereocenters. The summed E-state index contributed by atoms with van der Waals surface area (Å²) in [4.78, 5) is 2.00. The molecule has 5 heteroatoms. The lowest BCUT2D eigenvalue weighted by atomic mass is 10.2. The molecule has 1 aromatic carbocycles. The van der Waals surface area contributed by atoms with Crippen molar-refractivity contribution in [2.75, 3.05) is 11.6 Å². The van der Waals surface area contributed by atoms with Crippen LogP contribution in [0, 0.1) is 11.3 Å². The fourth-order valence-electron chi connectivity index (χ4n) is 1.33. The highest BCUT2D eigenvalue weighted by Crippen LogP contribution is 2.18. The van der Waals surface area contributed by atoms with Crippen molar-refractivity contribution in [2.45, 2.75) is 0 Å². The van der Waals surface area contributed by atoms with Gasteiger partial charge in [-0.05, 0) is 24.3 Å². The smallest absolute Gasteiger partial charge is 0.109 e. The molecule has 0 radical (unpaired) electrons. The Bertz CT molecular complexity index is 393. The molecule has 0 saturated carbocycles. The maximum atomic E-state index is 8.63. The lowest BCUT2D eigenvalue weighted by molar-refractivity contribution is 0.428. The van der Waals surface area contributed by atoms with Gasteiger partial charge in [0.2, 0.25) is 0 Å². The van der Waals surface area contributed by atoms with Crippen LogP contribution in [-0.4, -0.2) is 11.7 Å². The van der Waals surface area contributed by atoms with Gasteiger partial charge in [0.15, 0.2) is 0 Å². The zero-order valence-electron chi connectivity index (χ0n) is 8.00. The molecular formula is C10H11ClN4. The highest BCUT2D eigenvalue weighted by atomic mass is 35.5. The second kappa shape index (κ2) is 4.69. The van der Waals surface area contributed by atoms with Gasteiger partial charge in [0.1, 0.15) is 6.67 Å². The molecule has 0 spiro atoms. The summed E-state index contributed by atoms with van der Waals surface area (Å²) in [5, 5.41) is 10.2. The topological polar surface area (TPSA) is 56.3 Å². The van der Waals surface area contributed by atoms with Crippen molar-refractivity contribution >= 4 is 18.1 Å². The van der Waals surface area contributed by atoms with E-state index in [0.717, 1.165) is 5.69 Å². The number of nitriles is 1. The number of nitrogens with zero attached hydrogens (tertiary/aromatic N) is 3. The van der Waals surface area contributed by atoms with E-state index in [2.05, 4.69) is 6.07 Å². The maximum absolute atomic E-state index is 8.63. The van der Waals surface area contributed by atoms with E-state index in [1.807, 2.05) is 23.2 Å². The number of nitrogens with two attached hydrogens (primary N) is 1. The van der Waals surface area contributed by atoms with E-state index in [-0.39, 0.29) is 12.4 Å². The van der Waals surface area contributed by atoms with Crippen molar-refractivity contribution in [2.24, 2.45) is 5.84 Å². The van der Waals surface area contributed by atoms with Crippen molar-refractivity contribution < 1.29 is 0 Å². The average molecular weight is 223 g/mol. The van der Waals surface area contributed by atoms with Crippen LogP contribution in [0.5, 0.6) is 0 Å². The van der Waals surface area contributed by atoms with E-state index in [9.17, 15) is 0 Å². The Kier molecular flexibility index (Phi) is 3.56. The fourth-order valence-corrected chi connectivity index (χ4v) is 1.33. The molecular weight excluding hydrogens is 212 g/mol. The van der Waals surface area contributed by atoms with Gasteiger partial charge >= 0.3 is 0 Å². The SMILES string of the molecule is Cl.N#Cc1ccc(N2C=CN(N)C2)cc1. The molecule has 78 valence electrons. The quantitative estimate of drug-likeness (QED) is 0.730. The first-order valence-electron chi connectivity index (χ1n) is 4.26. The van der Waals surface area contributed by atoms with Crippen LogP contribution in [0.25, 0.3) is 0 Å². The molecule has 0 fully saturated rings. The van der Waals surface area contributed by atoms with E-state index in [1.165, 1.54) is 0 Å². The lowest BCUT2D eigenvalue weighted by Gasteiger charge is -2.17. The minimum absolute atomic E-state index is 0. The monoisotopic (exact) mass is 222 g/mol. The van der Waals surface area contributed by atoms with Gasteiger partial charge in [-0.15, -0.1) is 12.4 Å². The van der Waals surface area contributed by atoms with Crippen LogP contribution in [0.1, 0.15) is 5.56 Å². The molecule has 0 amide bonds. The fraction of sp³-hybridized carbons (Fsp3) is 0.100. The molecule has 0 bridgehead atoms. The maximum Gasteiger partial charge on any atom is 0.109 e. The Morgan fingerprint density at radius 2 is 1.87 bits per heavy atom. The van der Waals surface area contributed by atoms with E-state index in [4.69, 9.17) is 11.1 Å². The molecule has 0 atom stereocenters. The predicted molar refractivity (Wildman–Crippen MR) is 60.9 cm³/mol. The standard InChI is InChI=1S/C10H10N4.ClH/c11-7-9-1-3-10(4-2-9)13-5-6-14(12)8-13;/h1-6H,8,12H2;1H. The zero-order valence-corrected chi connectivity index (χ0v) is 8.81. The van der Waals surface area contributed by atoms with Crippen LogP contribution in [0.4, 0.5) is 5.69 Å². The number of hydrogen-bond donors (Lipinski definition) is 1. The molecule has 2 N–H and O–H groups in total. The number of hydrogen-bond acceptors (Lipinski definition) is 4. The first-order chi connectivity index (χ1) is 6.79. The Morgan fingerprint density at radius 1 is 1.20 bits per heavy atom. The molecule has 1 aliphatic heterocycles. The van der Waals surface area contributed by atoms with E-state index < -0.39 is 0 Å². The molecule has 0 aromatic heterocycles. The van der Waals surface area contributed by atoms with Crippen molar-refractivity contribution in [3.8, 4) is 6.07 Å². The third-order valence-electron chi connectivity index (χ3n) is 2.08. The van der Waals surface area contributed by atoms with E-state index >= 15 is 0 Å². The molecule has 1 heterocycles. The highest BCUT2D eigenvalue weighted by Gasteiger charge is 2.10. The third-order valence-corrected chi connectivity index (χ3v) is 2.08. The van der Waals surface area contributed by atoms with E-state index in [0.29, 0.717) is 12.2 Å². The van der Waals surface area contributed by atoms with Crippen molar-refractivity contribution in [1.82, 2.24) is 5.01 Å². The minimum Gasteiger partial charge on any atom is -0.327 e. The Morgan fingerprint density at radius 3 is 2.33 bits per heavy atom.